The number of aliphatic hydroxyl groups is 1. The molecule has 3 unspecified atom stereocenters. The van der Waals surface area contributed by atoms with Crippen LogP contribution in [0, 0.1) is 17.7 Å². The normalized spacial score (nSPS) is 13.0. The highest BCUT2D eigenvalue weighted by Crippen LogP contribution is 2.20. The number of aliphatic hydroxyl groups excluding tert-OH is 1. The summed E-state index contributed by atoms with van der Waals surface area (Å²) in [5.74, 6) is -2.63. The Bertz CT molecular complexity index is 1040. The number of nitrogens with one attached hydrogen (secondary N) is 2. The summed E-state index contributed by atoms with van der Waals surface area (Å²) in [6.45, 7) is 7.23. The van der Waals surface area contributed by atoms with E-state index >= 15 is 0 Å². The van der Waals surface area contributed by atoms with Gasteiger partial charge in [-0.05, 0) is 48.9 Å². The molecule has 204 valence electrons. The van der Waals surface area contributed by atoms with Gasteiger partial charge in [0, 0.05) is 13.0 Å². The van der Waals surface area contributed by atoms with Gasteiger partial charge in [-0.2, -0.15) is 0 Å². The number of rotatable bonds is 17. The van der Waals surface area contributed by atoms with E-state index in [-0.39, 0.29) is 50.2 Å². The SMILES string of the molecule is C=CCCC(Cc1ccc(F)cc1)C(=O)OCC(NC(=O)C(CC=C)CC(=O)NCCO)c1ccccc1. The first-order valence-electron chi connectivity index (χ1n) is 12.7. The van der Waals surface area contributed by atoms with E-state index in [0.717, 1.165) is 11.1 Å². The van der Waals surface area contributed by atoms with Crippen molar-refractivity contribution >= 4 is 17.8 Å². The molecule has 2 aromatic rings. The van der Waals surface area contributed by atoms with Crippen LogP contribution in [0.2, 0.25) is 0 Å². The number of hydrogen-bond acceptors (Lipinski definition) is 5. The van der Waals surface area contributed by atoms with Crippen molar-refractivity contribution in [3.05, 3.63) is 96.9 Å². The van der Waals surface area contributed by atoms with Crippen molar-refractivity contribution < 1.29 is 28.6 Å². The summed E-state index contributed by atoms with van der Waals surface area (Å²) in [5.41, 5.74) is 1.56. The fourth-order valence-corrected chi connectivity index (χ4v) is 3.98. The van der Waals surface area contributed by atoms with E-state index in [1.807, 2.05) is 30.3 Å². The number of halogens is 1. The first-order valence-corrected chi connectivity index (χ1v) is 12.7. The van der Waals surface area contributed by atoms with Crippen LogP contribution in [0.1, 0.15) is 42.9 Å². The quantitative estimate of drug-likeness (QED) is 0.214. The summed E-state index contributed by atoms with van der Waals surface area (Å²) in [5, 5.41) is 14.4. The minimum Gasteiger partial charge on any atom is -0.463 e. The van der Waals surface area contributed by atoms with Crippen LogP contribution in [0.25, 0.3) is 0 Å². The number of ether oxygens (including phenoxy) is 1. The monoisotopic (exact) mass is 524 g/mol. The van der Waals surface area contributed by atoms with Crippen LogP contribution < -0.4 is 10.6 Å². The molecule has 8 heteroatoms. The van der Waals surface area contributed by atoms with Gasteiger partial charge in [-0.25, -0.2) is 4.39 Å². The summed E-state index contributed by atoms with van der Waals surface area (Å²) in [4.78, 5) is 38.4. The molecule has 0 spiro atoms. The third-order valence-corrected chi connectivity index (χ3v) is 6.05. The highest BCUT2D eigenvalue weighted by atomic mass is 19.1. The van der Waals surface area contributed by atoms with Gasteiger partial charge in [0.25, 0.3) is 0 Å². The molecule has 38 heavy (non-hydrogen) atoms. The Balaban J connectivity index is 2.12. The van der Waals surface area contributed by atoms with Crippen LogP contribution in [-0.4, -0.2) is 42.6 Å². The molecule has 0 heterocycles. The molecular weight excluding hydrogens is 487 g/mol. The highest BCUT2D eigenvalue weighted by molar-refractivity contribution is 5.86. The van der Waals surface area contributed by atoms with E-state index in [1.165, 1.54) is 12.1 Å². The number of benzene rings is 2. The summed E-state index contributed by atoms with van der Waals surface area (Å²) in [7, 11) is 0. The van der Waals surface area contributed by atoms with Crippen LogP contribution in [0.15, 0.2) is 79.9 Å². The first-order chi connectivity index (χ1) is 18.4. The van der Waals surface area contributed by atoms with Gasteiger partial charge in [-0.1, -0.05) is 54.6 Å². The van der Waals surface area contributed by atoms with Crippen LogP contribution in [0.3, 0.4) is 0 Å². The molecule has 0 aliphatic carbocycles. The molecule has 0 saturated carbocycles. The Morgan fingerprint density at radius 3 is 2.34 bits per heavy atom. The third kappa shape index (κ3) is 10.7. The topological polar surface area (TPSA) is 105 Å². The molecule has 0 bridgehead atoms. The van der Waals surface area contributed by atoms with Gasteiger partial charge < -0.3 is 20.5 Å². The fraction of sp³-hybridized carbons (Fsp3) is 0.367. The zero-order chi connectivity index (χ0) is 27.8. The van der Waals surface area contributed by atoms with E-state index in [0.29, 0.717) is 19.3 Å². The van der Waals surface area contributed by atoms with E-state index in [9.17, 15) is 18.8 Å². The Morgan fingerprint density at radius 1 is 1.00 bits per heavy atom. The maximum atomic E-state index is 13.3. The average molecular weight is 525 g/mol. The number of amides is 2. The van der Waals surface area contributed by atoms with Crippen LogP contribution in [0.5, 0.6) is 0 Å². The second kappa shape index (κ2) is 16.9. The lowest BCUT2D eigenvalue weighted by Gasteiger charge is -2.24. The molecule has 0 aliphatic heterocycles. The maximum Gasteiger partial charge on any atom is 0.309 e. The van der Waals surface area contributed by atoms with Gasteiger partial charge in [0.15, 0.2) is 0 Å². The van der Waals surface area contributed by atoms with E-state index < -0.39 is 23.8 Å². The second-order valence-corrected chi connectivity index (χ2v) is 8.99. The summed E-state index contributed by atoms with van der Waals surface area (Å²) < 4.78 is 19.0. The minimum absolute atomic E-state index is 0.0690. The van der Waals surface area contributed by atoms with Crippen molar-refractivity contribution in [3.8, 4) is 0 Å². The highest BCUT2D eigenvalue weighted by Gasteiger charge is 2.26. The average Bonchev–Trinajstić information content (AvgIpc) is 2.93. The molecule has 0 aliphatic rings. The predicted molar refractivity (Wildman–Crippen MR) is 144 cm³/mol. The molecule has 0 aromatic heterocycles. The Morgan fingerprint density at radius 2 is 1.71 bits per heavy atom. The molecule has 3 atom stereocenters. The van der Waals surface area contributed by atoms with Gasteiger partial charge in [-0.3, -0.25) is 14.4 Å². The molecule has 0 fully saturated rings. The van der Waals surface area contributed by atoms with Gasteiger partial charge in [0.2, 0.25) is 11.8 Å². The van der Waals surface area contributed by atoms with Crippen molar-refractivity contribution in [2.45, 2.75) is 38.1 Å². The second-order valence-electron chi connectivity index (χ2n) is 8.99. The number of esters is 1. The standard InChI is InChI=1S/C30H37FN2O5/c1-3-5-10-25(19-22-13-15-26(31)16-14-22)30(37)38-21-27(23-11-7-6-8-12-23)33-29(36)24(9-4-2)20-28(35)32-17-18-34/h3-4,6-8,11-16,24-25,27,34H,1-2,5,9-10,17-21H2,(H,32,35)(H,33,36). The lowest BCUT2D eigenvalue weighted by molar-refractivity contribution is -0.150. The van der Waals surface area contributed by atoms with Gasteiger partial charge in [-0.15, -0.1) is 13.2 Å². The third-order valence-electron chi connectivity index (χ3n) is 6.05. The zero-order valence-corrected chi connectivity index (χ0v) is 21.6. The molecular formula is C30H37FN2O5. The fourth-order valence-electron chi connectivity index (χ4n) is 3.98. The molecule has 2 amide bonds. The van der Waals surface area contributed by atoms with E-state index in [2.05, 4.69) is 23.8 Å². The number of carbonyl (C=O) groups excluding carboxylic acids is 3. The van der Waals surface area contributed by atoms with Crippen LogP contribution in [0.4, 0.5) is 4.39 Å². The number of hydrogen-bond donors (Lipinski definition) is 3. The summed E-state index contributed by atoms with van der Waals surface area (Å²) >= 11 is 0. The Kier molecular flexibility index (Phi) is 13.5. The smallest absolute Gasteiger partial charge is 0.309 e. The number of allylic oxidation sites excluding steroid dienone is 2. The van der Waals surface area contributed by atoms with Gasteiger partial charge >= 0.3 is 5.97 Å². The predicted octanol–water partition coefficient (Wildman–Crippen LogP) is 4.04. The first kappa shape index (κ1) is 30.4. The van der Waals surface area contributed by atoms with Crippen LogP contribution in [-0.2, 0) is 25.5 Å². The van der Waals surface area contributed by atoms with E-state index in [4.69, 9.17) is 9.84 Å². The Hall–Kier alpha value is -3.78. The molecule has 2 rings (SSSR count). The summed E-state index contributed by atoms with van der Waals surface area (Å²) in [6, 6.07) is 14.5. The lowest BCUT2D eigenvalue weighted by Crippen LogP contribution is -2.39. The Labute approximate surface area is 223 Å². The van der Waals surface area contributed by atoms with Gasteiger partial charge in [0.1, 0.15) is 12.4 Å². The van der Waals surface area contributed by atoms with Crippen molar-refractivity contribution in [2.24, 2.45) is 11.8 Å². The van der Waals surface area contributed by atoms with E-state index in [1.54, 1.807) is 24.3 Å². The zero-order valence-electron chi connectivity index (χ0n) is 21.6. The minimum atomic E-state index is -0.674. The largest absolute Gasteiger partial charge is 0.463 e. The molecule has 0 radical (unpaired) electrons. The lowest BCUT2D eigenvalue weighted by atomic mass is 9.94. The molecule has 7 nitrogen and oxygen atoms in total. The molecule has 2 aromatic carbocycles. The van der Waals surface area contributed by atoms with Crippen molar-refractivity contribution in [2.75, 3.05) is 19.8 Å². The molecule has 3 N–H and O–H groups in total. The van der Waals surface area contributed by atoms with Crippen molar-refractivity contribution in [3.63, 3.8) is 0 Å². The maximum absolute atomic E-state index is 13.3. The van der Waals surface area contributed by atoms with Gasteiger partial charge in [0.05, 0.1) is 24.5 Å². The van der Waals surface area contributed by atoms with Crippen molar-refractivity contribution in [1.82, 2.24) is 10.6 Å². The molecule has 0 saturated heterocycles. The van der Waals surface area contributed by atoms with Crippen molar-refractivity contribution in [1.29, 1.82) is 0 Å². The number of carbonyl (C=O) groups is 3. The summed E-state index contributed by atoms with van der Waals surface area (Å²) in [6.07, 6.45) is 5.03. The van der Waals surface area contributed by atoms with Crippen LogP contribution >= 0.6 is 0 Å².